The summed E-state index contributed by atoms with van der Waals surface area (Å²) < 4.78 is 0. The molecule has 1 saturated carbocycles. The molecule has 2 aliphatic rings. The predicted octanol–water partition coefficient (Wildman–Crippen LogP) is 3.03. The molecule has 0 spiro atoms. The molecular weight excluding hydrogens is 208 g/mol. The highest BCUT2D eigenvalue weighted by Crippen LogP contribution is 2.25. The fourth-order valence-corrected chi connectivity index (χ4v) is 2.88. The van der Waals surface area contributed by atoms with Gasteiger partial charge in [-0.25, -0.2) is 0 Å². The highest BCUT2D eigenvalue weighted by atomic mass is 15.2. The molecule has 1 N–H and O–H groups in total. The van der Waals surface area contributed by atoms with Crippen LogP contribution in [0.2, 0.25) is 0 Å². The van der Waals surface area contributed by atoms with Gasteiger partial charge in [-0.1, -0.05) is 26.7 Å². The number of rotatable bonds is 5. The fourth-order valence-electron chi connectivity index (χ4n) is 2.88. The van der Waals surface area contributed by atoms with Crippen LogP contribution >= 0.6 is 0 Å². The second-order valence-electron chi connectivity index (χ2n) is 6.99. The van der Waals surface area contributed by atoms with Gasteiger partial charge in [0.25, 0.3) is 0 Å². The smallest absolute Gasteiger partial charge is 0.00684 e. The lowest BCUT2D eigenvalue weighted by Gasteiger charge is -2.35. The van der Waals surface area contributed by atoms with Gasteiger partial charge in [0, 0.05) is 25.2 Å². The summed E-state index contributed by atoms with van der Waals surface area (Å²) in [6.07, 6.45) is 8.45. The predicted molar refractivity (Wildman–Crippen MR) is 74.3 cm³/mol. The number of likely N-dealkylation sites (tertiary alicyclic amines) is 1. The normalized spacial score (nSPS) is 28.1. The third-order valence-electron chi connectivity index (χ3n) is 4.27. The molecule has 0 aromatic rings. The van der Waals surface area contributed by atoms with Crippen molar-refractivity contribution in [3.8, 4) is 0 Å². The SMILES string of the molecule is CC1CCCCCN1CC(C)(C)CNC1CC1. The topological polar surface area (TPSA) is 15.3 Å². The summed E-state index contributed by atoms with van der Waals surface area (Å²) in [4.78, 5) is 2.72. The zero-order valence-corrected chi connectivity index (χ0v) is 12.0. The molecule has 1 atom stereocenters. The van der Waals surface area contributed by atoms with Crippen LogP contribution < -0.4 is 5.32 Å². The molecule has 0 aromatic carbocycles. The van der Waals surface area contributed by atoms with E-state index in [-0.39, 0.29) is 0 Å². The number of hydrogen-bond donors (Lipinski definition) is 1. The molecule has 0 amide bonds. The van der Waals surface area contributed by atoms with Crippen molar-refractivity contribution in [2.45, 2.75) is 71.4 Å². The van der Waals surface area contributed by atoms with E-state index >= 15 is 0 Å². The second-order valence-corrected chi connectivity index (χ2v) is 6.99. The van der Waals surface area contributed by atoms with Gasteiger partial charge in [-0.3, -0.25) is 0 Å². The highest BCUT2D eigenvalue weighted by Gasteiger charge is 2.28. The monoisotopic (exact) mass is 238 g/mol. The first kappa shape index (κ1) is 13.4. The Morgan fingerprint density at radius 2 is 1.88 bits per heavy atom. The zero-order valence-electron chi connectivity index (χ0n) is 12.0. The minimum atomic E-state index is 0.418. The molecule has 1 saturated heterocycles. The molecule has 1 heterocycles. The Bertz CT molecular complexity index is 233. The number of nitrogens with zero attached hydrogens (tertiary/aromatic N) is 1. The molecule has 2 heteroatoms. The van der Waals surface area contributed by atoms with E-state index in [1.165, 1.54) is 58.2 Å². The van der Waals surface area contributed by atoms with E-state index in [0.717, 1.165) is 12.1 Å². The summed E-state index contributed by atoms with van der Waals surface area (Å²) in [6.45, 7) is 11.0. The van der Waals surface area contributed by atoms with Crippen molar-refractivity contribution in [3.05, 3.63) is 0 Å². The van der Waals surface area contributed by atoms with Crippen molar-refractivity contribution in [1.82, 2.24) is 10.2 Å². The first-order valence-electron chi connectivity index (χ1n) is 7.54. The minimum absolute atomic E-state index is 0.418. The molecule has 17 heavy (non-hydrogen) atoms. The molecule has 1 aliphatic carbocycles. The van der Waals surface area contributed by atoms with Gasteiger partial charge in [-0.05, 0) is 44.6 Å². The Hall–Kier alpha value is -0.0800. The van der Waals surface area contributed by atoms with E-state index in [1.54, 1.807) is 0 Å². The van der Waals surface area contributed by atoms with Gasteiger partial charge in [-0.15, -0.1) is 0 Å². The van der Waals surface area contributed by atoms with Crippen LogP contribution in [0, 0.1) is 5.41 Å². The summed E-state index contributed by atoms with van der Waals surface area (Å²) in [6, 6.07) is 1.63. The summed E-state index contributed by atoms with van der Waals surface area (Å²) in [7, 11) is 0. The van der Waals surface area contributed by atoms with Crippen molar-refractivity contribution < 1.29 is 0 Å². The van der Waals surface area contributed by atoms with Crippen molar-refractivity contribution >= 4 is 0 Å². The summed E-state index contributed by atoms with van der Waals surface area (Å²) >= 11 is 0. The van der Waals surface area contributed by atoms with Crippen LogP contribution in [0.15, 0.2) is 0 Å². The van der Waals surface area contributed by atoms with Crippen LogP contribution in [-0.4, -0.2) is 36.6 Å². The maximum atomic E-state index is 3.69. The van der Waals surface area contributed by atoms with Crippen molar-refractivity contribution in [3.63, 3.8) is 0 Å². The number of nitrogens with one attached hydrogen (secondary N) is 1. The Morgan fingerprint density at radius 3 is 2.59 bits per heavy atom. The first-order valence-corrected chi connectivity index (χ1v) is 7.54. The summed E-state index contributed by atoms with van der Waals surface area (Å²) in [5.41, 5.74) is 0.418. The molecule has 2 fully saturated rings. The van der Waals surface area contributed by atoms with Crippen molar-refractivity contribution in [1.29, 1.82) is 0 Å². The van der Waals surface area contributed by atoms with Crippen LogP contribution in [-0.2, 0) is 0 Å². The van der Waals surface area contributed by atoms with E-state index in [4.69, 9.17) is 0 Å². The maximum Gasteiger partial charge on any atom is 0.00684 e. The van der Waals surface area contributed by atoms with Gasteiger partial charge >= 0.3 is 0 Å². The molecule has 2 rings (SSSR count). The van der Waals surface area contributed by atoms with Crippen molar-refractivity contribution in [2.24, 2.45) is 5.41 Å². The third kappa shape index (κ3) is 4.59. The molecule has 0 bridgehead atoms. The highest BCUT2D eigenvalue weighted by molar-refractivity contribution is 4.86. The molecule has 100 valence electrons. The zero-order chi connectivity index (χ0) is 12.3. The lowest BCUT2D eigenvalue weighted by Crippen LogP contribution is -2.44. The second kappa shape index (κ2) is 5.71. The van der Waals surface area contributed by atoms with Crippen LogP contribution in [0.1, 0.15) is 59.3 Å². The van der Waals surface area contributed by atoms with E-state index in [9.17, 15) is 0 Å². The van der Waals surface area contributed by atoms with Gasteiger partial charge in [0.2, 0.25) is 0 Å². The Morgan fingerprint density at radius 1 is 1.12 bits per heavy atom. The van der Waals surface area contributed by atoms with Crippen LogP contribution in [0.25, 0.3) is 0 Å². The Labute approximate surface area is 107 Å². The lowest BCUT2D eigenvalue weighted by atomic mass is 9.91. The summed E-state index contributed by atoms with van der Waals surface area (Å²) in [5, 5.41) is 3.69. The van der Waals surface area contributed by atoms with Gasteiger partial charge in [0.15, 0.2) is 0 Å². The van der Waals surface area contributed by atoms with Gasteiger partial charge in [0.1, 0.15) is 0 Å². The van der Waals surface area contributed by atoms with Crippen LogP contribution in [0.5, 0.6) is 0 Å². The van der Waals surface area contributed by atoms with E-state index < -0.39 is 0 Å². The fraction of sp³-hybridized carbons (Fsp3) is 1.00. The summed E-state index contributed by atoms with van der Waals surface area (Å²) in [5.74, 6) is 0. The van der Waals surface area contributed by atoms with E-state index in [2.05, 4.69) is 31.0 Å². The molecule has 1 aliphatic heterocycles. The minimum Gasteiger partial charge on any atom is -0.313 e. The average molecular weight is 238 g/mol. The van der Waals surface area contributed by atoms with Gasteiger partial charge < -0.3 is 10.2 Å². The maximum absolute atomic E-state index is 3.69. The number of hydrogen-bond acceptors (Lipinski definition) is 2. The van der Waals surface area contributed by atoms with Crippen LogP contribution in [0.3, 0.4) is 0 Å². The van der Waals surface area contributed by atoms with E-state index in [0.29, 0.717) is 5.41 Å². The Kier molecular flexibility index (Phi) is 4.48. The van der Waals surface area contributed by atoms with Crippen LogP contribution in [0.4, 0.5) is 0 Å². The van der Waals surface area contributed by atoms with Gasteiger partial charge in [0.05, 0.1) is 0 Å². The van der Waals surface area contributed by atoms with E-state index in [1.807, 2.05) is 0 Å². The van der Waals surface area contributed by atoms with Crippen molar-refractivity contribution in [2.75, 3.05) is 19.6 Å². The molecular formula is C15H30N2. The standard InChI is InChI=1S/C15H30N2/c1-13-7-5-4-6-10-17(13)12-15(2,3)11-16-14-8-9-14/h13-14,16H,4-12H2,1-3H3. The molecule has 1 unspecified atom stereocenters. The largest absolute Gasteiger partial charge is 0.313 e. The third-order valence-corrected chi connectivity index (χ3v) is 4.27. The molecule has 2 nitrogen and oxygen atoms in total. The van der Waals surface area contributed by atoms with Gasteiger partial charge in [-0.2, -0.15) is 0 Å². The lowest BCUT2D eigenvalue weighted by molar-refractivity contribution is 0.137. The molecule has 0 aromatic heterocycles. The molecule has 0 radical (unpaired) electrons. The average Bonchev–Trinajstić information content (AvgIpc) is 3.07. The first-order chi connectivity index (χ1) is 8.07. The Balaban J connectivity index is 1.78. The quantitative estimate of drug-likeness (QED) is 0.792.